The third-order valence-electron chi connectivity index (χ3n) is 3.66. The molecule has 0 saturated heterocycles. The third kappa shape index (κ3) is 2.51. The van der Waals surface area contributed by atoms with Crippen molar-refractivity contribution in [3.63, 3.8) is 0 Å². The van der Waals surface area contributed by atoms with E-state index in [0.29, 0.717) is 5.69 Å². The predicted molar refractivity (Wildman–Crippen MR) is 74.8 cm³/mol. The van der Waals surface area contributed by atoms with Crippen molar-refractivity contribution in [2.75, 3.05) is 19.9 Å². The van der Waals surface area contributed by atoms with Gasteiger partial charge in [0, 0.05) is 18.8 Å². The number of nitrogen functional groups attached to an aromatic ring is 1. The molecule has 0 unspecified atom stereocenters. The molecule has 1 aromatic rings. The minimum absolute atomic E-state index is 0.00729. The average Bonchev–Trinajstić information content (AvgIpc) is 2.35. The van der Waals surface area contributed by atoms with E-state index in [1.807, 2.05) is 0 Å². The molecular weight excluding hydrogens is 280 g/mol. The minimum Gasteiger partial charge on any atom is -0.465 e. The maximum absolute atomic E-state index is 12.6. The lowest BCUT2D eigenvalue weighted by Crippen LogP contribution is -2.41. The summed E-state index contributed by atoms with van der Waals surface area (Å²) in [5, 5.41) is 0. The summed E-state index contributed by atoms with van der Waals surface area (Å²) in [5.41, 5.74) is 5.95. The largest absolute Gasteiger partial charge is 0.465 e. The van der Waals surface area contributed by atoms with Crippen molar-refractivity contribution in [3.8, 4) is 0 Å². The second-order valence-electron chi connectivity index (χ2n) is 4.85. The van der Waals surface area contributed by atoms with E-state index < -0.39 is 16.0 Å². The van der Waals surface area contributed by atoms with Gasteiger partial charge in [0.15, 0.2) is 0 Å². The zero-order chi connectivity index (χ0) is 14.9. The summed E-state index contributed by atoms with van der Waals surface area (Å²) in [6.07, 6.45) is 2.70. The maximum Gasteiger partial charge on any atom is 0.339 e. The Hall–Kier alpha value is -1.60. The fourth-order valence-corrected chi connectivity index (χ4v) is 3.76. The molecular formula is C13H18N2O4S. The average molecular weight is 298 g/mol. The van der Waals surface area contributed by atoms with Gasteiger partial charge in [-0.1, -0.05) is 6.42 Å². The highest BCUT2D eigenvalue weighted by atomic mass is 32.2. The van der Waals surface area contributed by atoms with Crippen molar-refractivity contribution in [1.82, 2.24) is 4.31 Å². The van der Waals surface area contributed by atoms with Gasteiger partial charge in [0.05, 0.1) is 17.6 Å². The Morgan fingerprint density at radius 3 is 2.55 bits per heavy atom. The van der Waals surface area contributed by atoms with E-state index in [1.54, 1.807) is 0 Å². The highest BCUT2D eigenvalue weighted by Gasteiger charge is 2.34. The minimum atomic E-state index is -3.75. The van der Waals surface area contributed by atoms with Crippen LogP contribution >= 0.6 is 0 Å². The molecule has 0 radical (unpaired) electrons. The number of nitrogens with two attached hydrogens (primary N) is 1. The van der Waals surface area contributed by atoms with E-state index in [4.69, 9.17) is 5.73 Å². The van der Waals surface area contributed by atoms with Crippen LogP contribution in [0, 0.1) is 0 Å². The molecule has 1 aromatic carbocycles. The van der Waals surface area contributed by atoms with E-state index >= 15 is 0 Å². The topological polar surface area (TPSA) is 89.7 Å². The third-order valence-corrected chi connectivity index (χ3v) is 5.61. The molecule has 6 nitrogen and oxygen atoms in total. The number of anilines is 1. The molecule has 0 aromatic heterocycles. The standard InChI is InChI=1S/C13H18N2O4S/c1-15(10-4-3-5-10)20(17,18)12-8-9(14)6-7-11(12)13(16)19-2/h6-8,10H,3-5,14H2,1-2H3. The number of carbonyl (C=O) groups excluding carboxylic acids is 1. The molecule has 20 heavy (non-hydrogen) atoms. The Morgan fingerprint density at radius 2 is 2.05 bits per heavy atom. The Kier molecular flexibility index (Phi) is 4.01. The fraction of sp³-hybridized carbons (Fsp3) is 0.462. The number of methoxy groups -OCH3 is 1. The molecule has 1 aliphatic rings. The summed E-state index contributed by atoms with van der Waals surface area (Å²) in [6, 6.07) is 4.15. The summed E-state index contributed by atoms with van der Waals surface area (Å²) in [6.45, 7) is 0. The Labute approximate surface area is 118 Å². The normalized spacial score (nSPS) is 15.9. The number of hydrogen-bond donors (Lipinski definition) is 1. The van der Waals surface area contributed by atoms with E-state index in [2.05, 4.69) is 4.74 Å². The molecule has 0 heterocycles. The van der Waals surface area contributed by atoms with Crippen LogP contribution in [0.3, 0.4) is 0 Å². The summed E-state index contributed by atoms with van der Waals surface area (Å²) < 4.78 is 31.2. The van der Waals surface area contributed by atoms with Crippen LogP contribution in [0.2, 0.25) is 0 Å². The number of esters is 1. The Morgan fingerprint density at radius 1 is 1.40 bits per heavy atom. The molecule has 0 aliphatic heterocycles. The van der Waals surface area contributed by atoms with Gasteiger partial charge in [-0.05, 0) is 31.0 Å². The van der Waals surface area contributed by atoms with Gasteiger partial charge in [-0.3, -0.25) is 0 Å². The summed E-state index contributed by atoms with van der Waals surface area (Å²) in [7, 11) is -1.01. The van der Waals surface area contributed by atoms with Crippen molar-refractivity contribution in [1.29, 1.82) is 0 Å². The van der Waals surface area contributed by atoms with Crippen LogP contribution in [0.1, 0.15) is 29.6 Å². The van der Waals surface area contributed by atoms with Crippen molar-refractivity contribution in [2.24, 2.45) is 0 Å². The molecule has 0 spiro atoms. The van der Waals surface area contributed by atoms with Crippen molar-refractivity contribution < 1.29 is 17.9 Å². The quantitative estimate of drug-likeness (QED) is 0.667. The van der Waals surface area contributed by atoms with Gasteiger partial charge in [-0.2, -0.15) is 4.31 Å². The highest BCUT2D eigenvalue weighted by Crippen LogP contribution is 2.30. The van der Waals surface area contributed by atoms with Gasteiger partial charge in [0.2, 0.25) is 10.0 Å². The van der Waals surface area contributed by atoms with Crippen molar-refractivity contribution in [2.45, 2.75) is 30.2 Å². The molecule has 0 atom stereocenters. The molecule has 1 fully saturated rings. The first-order valence-corrected chi connectivity index (χ1v) is 7.78. The smallest absolute Gasteiger partial charge is 0.339 e. The van der Waals surface area contributed by atoms with Crippen LogP contribution in [0.15, 0.2) is 23.1 Å². The lowest BCUT2D eigenvalue weighted by molar-refractivity contribution is 0.0596. The number of ether oxygens (including phenoxy) is 1. The second-order valence-corrected chi connectivity index (χ2v) is 6.82. The summed E-state index contributed by atoms with van der Waals surface area (Å²) in [5.74, 6) is -0.689. The van der Waals surface area contributed by atoms with Crippen molar-refractivity contribution >= 4 is 21.7 Å². The van der Waals surface area contributed by atoms with Gasteiger partial charge in [0.25, 0.3) is 0 Å². The van der Waals surface area contributed by atoms with Gasteiger partial charge >= 0.3 is 5.97 Å². The highest BCUT2D eigenvalue weighted by molar-refractivity contribution is 7.89. The number of nitrogens with zero attached hydrogens (tertiary/aromatic N) is 1. The zero-order valence-corrected chi connectivity index (χ0v) is 12.3. The lowest BCUT2D eigenvalue weighted by Gasteiger charge is -2.34. The van der Waals surface area contributed by atoms with Crippen LogP contribution in [0.5, 0.6) is 0 Å². The molecule has 0 amide bonds. The van der Waals surface area contributed by atoms with E-state index in [1.165, 1.54) is 36.7 Å². The van der Waals surface area contributed by atoms with Crippen LogP contribution in [0.25, 0.3) is 0 Å². The molecule has 0 bridgehead atoms. The van der Waals surface area contributed by atoms with Crippen LogP contribution in [0.4, 0.5) is 5.69 Å². The van der Waals surface area contributed by atoms with Gasteiger partial charge in [0.1, 0.15) is 0 Å². The number of rotatable bonds is 4. The predicted octanol–water partition coefficient (Wildman–Crippen LogP) is 1.23. The molecule has 7 heteroatoms. The number of sulfonamides is 1. The van der Waals surface area contributed by atoms with E-state index in [9.17, 15) is 13.2 Å². The first-order chi connectivity index (χ1) is 9.37. The van der Waals surface area contributed by atoms with Gasteiger partial charge in [-0.15, -0.1) is 0 Å². The Balaban J connectivity index is 2.49. The molecule has 1 saturated carbocycles. The molecule has 2 rings (SSSR count). The first-order valence-electron chi connectivity index (χ1n) is 6.34. The Bertz CT molecular complexity index is 623. The molecule has 1 aliphatic carbocycles. The van der Waals surface area contributed by atoms with E-state index in [0.717, 1.165) is 19.3 Å². The van der Waals surface area contributed by atoms with E-state index in [-0.39, 0.29) is 16.5 Å². The van der Waals surface area contributed by atoms with Crippen molar-refractivity contribution in [3.05, 3.63) is 23.8 Å². The maximum atomic E-state index is 12.6. The van der Waals surface area contributed by atoms with Gasteiger partial charge in [-0.25, -0.2) is 13.2 Å². The fourth-order valence-electron chi connectivity index (χ4n) is 2.13. The monoisotopic (exact) mass is 298 g/mol. The number of carbonyl (C=O) groups is 1. The number of hydrogen-bond acceptors (Lipinski definition) is 5. The van der Waals surface area contributed by atoms with Crippen LogP contribution < -0.4 is 5.73 Å². The zero-order valence-electron chi connectivity index (χ0n) is 11.5. The number of benzene rings is 1. The van der Waals surface area contributed by atoms with Crippen LogP contribution in [-0.4, -0.2) is 38.9 Å². The summed E-state index contributed by atoms with van der Waals surface area (Å²) in [4.78, 5) is 11.6. The molecule has 2 N–H and O–H groups in total. The lowest BCUT2D eigenvalue weighted by atomic mass is 9.94. The van der Waals surface area contributed by atoms with Gasteiger partial charge < -0.3 is 10.5 Å². The molecule has 110 valence electrons. The first kappa shape index (κ1) is 14.8. The van der Waals surface area contributed by atoms with Crippen LogP contribution in [-0.2, 0) is 14.8 Å². The second kappa shape index (κ2) is 5.41. The SMILES string of the molecule is COC(=O)c1ccc(N)cc1S(=O)(=O)N(C)C1CCC1. The summed E-state index contributed by atoms with van der Waals surface area (Å²) >= 11 is 0.